The van der Waals surface area contributed by atoms with E-state index in [4.69, 9.17) is 32.7 Å². The first kappa shape index (κ1) is 17.2. The van der Waals surface area contributed by atoms with Crippen molar-refractivity contribution in [2.45, 2.75) is 0 Å². The molecule has 5 nitrogen and oxygen atoms in total. The molecule has 2 heterocycles. The average Bonchev–Trinajstić information content (AvgIpc) is 3.07. The van der Waals surface area contributed by atoms with Crippen molar-refractivity contribution in [2.24, 2.45) is 0 Å². The Bertz CT molecular complexity index is 1170. The highest BCUT2D eigenvalue weighted by Crippen LogP contribution is 2.40. The second-order valence-electron chi connectivity index (χ2n) is 5.31. The molecule has 0 unspecified atom stereocenters. The smallest absolute Gasteiger partial charge is 0.232 e. The van der Waals surface area contributed by atoms with Gasteiger partial charge >= 0.3 is 0 Å². The monoisotopic (exact) mass is 409 g/mol. The molecule has 0 aliphatic heterocycles. The number of ether oxygens (including phenoxy) is 2. The van der Waals surface area contributed by atoms with E-state index in [9.17, 15) is 4.39 Å². The number of hydrogen-bond acceptors (Lipinski definition) is 6. The Kier molecular flexibility index (Phi) is 4.30. The van der Waals surface area contributed by atoms with Crippen molar-refractivity contribution < 1.29 is 13.9 Å². The molecular formula is C17H10Cl2FN3O2S. The first-order chi connectivity index (χ1) is 12.5. The molecule has 132 valence electrons. The summed E-state index contributed by atoms with van der Waals surface area (Å²) in [4.78, 5) is 13.2. The Labute approximate surface area is 161 Å². The zero-order chi connectivity index (χ0) is 18.4. The molecule has 26 heavy (non-hydrogen) atoms. The lowest BCUT2D eigenvalue weighted by molar-refractivity contribution is 0.387. The number of halogens is 3. The highest BCUT2D eigenvalue weighted by Gasteiger charge is 2.19. The van der Waals surface area contributed by atoms with Crippen molar-refractivity contribution in [3.8, 4) is 22.2 Å². The van der Waals surface area contributed by atoms with Crippen LogP contribution in [-0.4, -0.2) is 29.2 Å². The van der Waals surface area contributed by atoms with E-state index in [1.165, 1.54) is 31.8 Å². The Balaban J connectivity index is 1.99. The van der Waals surface area contributed by atoms with Gasteiger partial charge in [-0.05, 0) is 12.1 Å². The molecule has 0 spiro atoms. The summed E-state index contributed by atoms with van der Waals surface area (Å²) in [5.74, 6) is -0.193. The molecule has 0 saturated heterocycles. The normalized spacial score (nSPS) is 11.3. The molecule has 0 atom stereocenters. The van der Waals surface area contributed by atoms with Gasteiger partial charge in [-0.1, -0.05) is 23.2 Å². The maximum Gasteiger partial charge on any atom is 0.232 e. The van der Waals surface area contributed by atoms with Crippen molar-refractivity contribution in [3.63, 3.8) is 0 Å². The lowest BCUT2D eigenvalue weighted by Gasteiger charge is -2.05. The Morgan fingerprint density at radius 2 is 1.85 bits per heavy atom. The van der Waals surface area contributed by atoms with Crippen molar-refractivity contribution in [2.75, 3.05) is 14.2 Å². The molecule has 0 amide bonds. The van der Waals surface area contributed by atoms with Crippen LogP contribution in [0.4, 0.5) is 4.39 Å². The van der Waals surface area contributed by atoms with Crippen LogP contribution in [0.3, 0.4) is 0 Å². The van der Waals surface area contributed by atoms with Gasteiger partial charge in [-0.2, -0.15) is 0 Å². The summed E-state index contributed by atoms with van der Waals surface area (Å²) in [6.07, 6.45) is 1.52. The van der Waals surface area contributed by atoms with E-state index in [1.807, 2.05) is 0 Å². The number of thiazole rings is 1. The zero-order valence-corrected chi connectivity index (χ0v) is 15.8. The summed E-state index contributed by atoms with van der Waals surface area (Å²) >= 11 is 13.7. The molecule has 4 rings (SSSR count). The highest BCUT2D eigenvalue weighted by molar-refractivity contribution is 7.21. The molecule has 0 saturated carbocycles. The summed E-state index contributed by atoms with van der Waals surface area (Å²) in [5.41, 5.74) is 2.22. The van der Waals surface area contributed by atoms with Gasteiger partial charge in [0.15, 0.2) is 11.6 Å². The number of benzene rings is 2. The molecule has 0 bridgehead atoms. The van der Waals surface area contributed by atoms with E-state index in [2.05, 4.69) is 15.0 Å². The second-order valence-corrected chi connectivity index (χ2v) is 7.15. The first-order valence-corrected chi connectivity index (χ1v) is 8.92. The van der Waals surface area contributed by atoms with E-state index in [-0.39, 0.29) is 10.8 Å². The number of hydrogen-bond donors (Lipinski definition) is 0. The number of methoxy groups -OCH3 is 2. The predicted octanol–water partition coefficient (Wildman–Crippen LogP) is 5.37. The van der Waals surface area contributed by atoms with Crippen molar-refractivity contribution in [3.05, 3.63) is 40.3 Å². The maximum atomic E-state index is 14.2. The van der Waals surface area contributed by atoms with Crippen molar-refractivity contribution in [1.29, 1.82) is 0 Å². The van der Waals surface area contributed by atoms with E-state index < -0.39 is 5.82 Å². The largest absolute Gasteiger partial charge is 0.494 e. The second kappa shape index (κ2) is 6.50. The molecule has 0 N–H and O–H groups in total. The fourth-order valence-corrected chi connectivity index (χ4v) is 4.11. The predicted molar refractivity (Wildman–Crippen MR) is 101 cm³/mol. The van der Waals surface area contributed by atoms with Crippen LogP contribution in [0, 0.1) is 5.82 Å². The Morgan fingerprint density at radius 1 is 1.04 bits per heavy atom. The first-order valence-electron chi connectivity index (χ1n) is 7.35. The molecule has 4 aromatic rings. The van der Waals surface area contributed by atoms with Crippen LogP contribution in [0.2, 0.25) is 10.0 Å². The van der Waals surface area contributed by atoms with Crippen LogP contribution >= 0.6 is 34.5 Å². The standard InChI is InChI=1S/C17H10Cl2FN3O2S/c1-24-10-5-11-16(13(19)14(10)20)23-17(26-11)8-3-7(18)4-9-15(8)21-6-12(22-9)25-2/h3-6H,1-2H3. The third-order valence-corrected chi connectivity index (χ3v) is 5.38. The quantitative estimate of drug-likeness (QED) is 0.455. The van der Waals surface area contributed by atoms with E-state index in [1.54, 1.807) is 18.2 Å². The van der Waals surface area contributed by atoms with E-state index in [0.717, 1.165) is 0 Å². The molecule has 9 heteroatoms. The van der Waals surface area contributed by atoms with Crippen LogP contribution in [0.5, 0.6) is 11.6 Å². The summed E-state index contributed by atoms with van der Waals surface area (Å²) in [5, 5.41) is 0.992. The highest BCUT2D eigenvalue weighted by atomic mass is 35.5. The Hall–Kier alpha value is -2.22. The van der Waals surface area contributed by atoms with Gasteiger partial charge in [0.05, 0.1) is 36.1 Å². The van der Waals surface area contributed by atoms with Gasteiger partial charge in [0.2, 0.25) is 5.88 Å². The van der Waals surface area contributed by atoms with Crippen LogP contribution in [0.1, 0.15) is 0 Å². The lowest BCUT2D eigenvalue weighted by atomic mass is 10.2. The van der Waals surface area contributed by atoms with Gasteiger partial charge in [-0.3, -0.25) is 0 Å². The SMILES string of the molecule is COc1cnc2c(-c3nc4c(Cl)c(F)c(OC)cc4s3)cc(Cl)cc2n1. The lowest BCUT2D eigenvalue weighted by Crippen LogP contribution is -1.92. The molecule has 0 fully saturated rings. The number of aromatic nitrogens is 3. The minimum absolute atomic E-state index is 0.0678. The van der Waals surface area contributed by atoms with Gasteiger partial charge < -0.3 is 9.47 Å². The minimum Gasteiger partial charge on any atom is -0.494 e. The maximum absolute atomic E-state index is 14.2. The van der Waals surface area contributed by atoms with E-state index in [0.29, 0.717) is 42.7 Å². The zero-order valence-electron chi connectivity index (χ0n) is 13.5. The molecular weight excluding hydrogens is 400 g/mol. The minimum atomic E-state index is -0.640. The number of rotatable bonds is 3. The molecule has 0 aliphatic rings. The topological polar surface area (TPSA) is 57.1 Å². The van der Waals surface area contributed by atoms with Crippen LogP contribution in [0.25, 0.3) is 31.8 Å². The molecule has 0 radical (unpaired) electrons. The molecule has 2 aromatic carbocycles. The number of nitrogens with zero attached hydrogens (tertiary/aromatic N) is 3. The van der Waals surface area contributed by atoms with Gasteiger partial charge in [0.25, 0.3) is 0 Å². The fourth-order valence-electron chi connectivity index (χ4n) is 2.58. The summed E-state index contributed by atoms with van der Waals surface area (Å²) in [6.45, 7) is 0. The summed E-state index contributed by atoms with van der Waals surface area (Å²) in [7, 11) is 2.90. The van der Waals surface area contributed by atoms with Gasteiger partial charge in [0, 0.05) is 16.7 Å². The Morgan fingerprint density at radius 3 is 2.58 bits per heavy atom. The van der Waals surface area contributed by atoms with Crippen LogP contribution in [0.15, 0.2) is 24.4 Å². The fraction of sp³-hybridized carbons (Fsp3) is 0.118. The van der Waals surface area contributed by atoms with Crippen LogP contribution in [-0.2, 0) is 0 Å². The van der Waals surface area contributed by atoms with Crippen molar-refractivity contribution in [1.82, 2.24) is 15.0 Å². The molecule has 2 aromatic heterocycles. The van der Waals surface area contributed by atoms with Gasteiger partial charge in [-0.15, -0.1) is 11.3 Å². The van der Waals surface area contributed by atoms with Crippen molar-refractivity contribution >= 4 is 55.8 Å². The molecule has 0 aliphatic carbocycles. The van der Waals surface area contributed by atoms with E-state index >= 15 is 0 Å². The summed E-state index contributed by atoms with van der Waals surface area (Å²) in [6, 6.07) is 5.00. The third kappa shape index (κ3) is 2.72. The third-order valence-electron chi connectivity index (χ3n) is 3.78. The summed E-state index contributed by atoms with van der Waals surface area (Å²) < 4.78 is 25.0. The van der Waals surface area contributed by atoms with Gasteiger partial charge in [0.1, 0.15) is 15.5 Å². The van der Waals surface area contributed by atoms with Gasteiger partial charge in [-0.25, -0.2) is 19.3 Å². The number of fused-ring (bicyclic) bond motifs is 2. The average molecular weight is 410 g/mol. The van der Waals surface area contributed by atoms with Crippen LogP contribution < -0.4 is 9.47 Å².